The van der Waals surface area contributed by atoms with Gasteiger partial charge in [0.2, 0.25) is 0 Å². The Morgan fingerprint density at radius 2 is 1.95 bits per heavy atom. The molecule has 0 aliphatic rings. The van der Waals surface area contributed by atoms with E-state index in [1.165, 1.54) is 24.4 Å². The van der Waals surface area contributed by atoms with Crippen LogP contribution in [0.2, 0.25) is 0 Å². The molecule has 5 heteroatoms. The van der Waals surface area contributed by atoms with Gasteiger partial charge in [0.15, 0.2) is 17.4 Å². The first-order valence-electron chi connectivity index (χ1n) is 6.84. The highest BCUT2D eigenvalue weighted by Gasteiger charge is 2.13. The van der Waals surface area contributed by atoms with E-state index in [4.69, 9.17) is 4.74 Å². The Labute approximate surface area is 123 Å². The minimum Gasteiger partial charge on any atom is -0.433 e. The lowest BCUT2D eigenvalue weighted by Gasteiger charge is -2.11. The second-order valence-corrected chi connectivity index (χ2v) is 5.15. The number of para-hydroxylation sites is 1. The zero-order valence-corrected chi connectivity index (χ0v) is 12.1. The summed E-state index contributed by atoms with van der Waals surface area (Å²) in [5.74, 6) is -0.914. The van der Waals surface area contributed by atoms with Crippen LogP contribution in [0.25, 0.3) is 0 Å². The van der Waals surface area contributed by atoms with Crippen LogP contribution in [-0.4, -0.2) is 11.5 Å². The molecule has 0 fully saturated rings. The van der Waals surface area contributed by atoms with Gasteiger partial charge in [0.25, 0.3) is 5.88 Å². The van der Waals surface area contributed by atoms with Gasteiger partial charge in [-0.15, -0.1) is 0 Å². The minimum absolute atomic E-state index is 0.0452. The van der Waals surface area contributed by atoms with Crippen molar-refractivity contribution < 1.29 is 13.5 Å². The third kappa shape index (κ3) is 4.23. The zero-order valence-electron chi connectivity index (χ0n) is 12.1. The number of hydrogen-bond acceptors (Lipinski definition) is 3. The van der Waals surface area contributed by atoms with Gasteiger partial charge >= 0.3 is 0 Å². The molecule has 0 aliphatic carbocycles. The molecule has 0 spiro atoms. The van der Waals surface area contributed by atoms with E-state index in [-0.39, 0.29) is 11.6 Å². The van der Waals surface area contributed by atoms with Crippen molar-refractivity contribution in [2.45, 2.75) is 20.4 Å². The maximum Gasteiger partial charge on any atom is 0.256 e. The van der Waals surface area contributed by atoms with Gasteiger partial charge in [-0.05, 0) is 30.7 Å². The Morgan fingerprint density at radius 1 is 1.19 bits per heavy atom. The van der Waals surface area contributed by atoms with Gasteiger partial charge in [0.05, 0.1) is 0 Å². The van der Waals surface area contributed by atoms with Crippen molar-refractivity contribution in [1.29, 1.82) is 0 Å². The Bertz CT molecular complexity index is 603. The van der Waals surface area contributed by atoms with Crippen LogP contribution >= 0.6 is 0 Å². The minimum atomic E-state index is -0.572. The van der Waals surface area contributed by atoms with E-state index in [0.717, 1.165) is 6.54 Å². The highest BCUT2D eigenvalue weighted by Crippen LogP contribution is 2.26. The SMILES string of the molecule is CC(C)CNCc1ccnc(Oc2ccccc2F)c1F. The molecule has 0 bridgehead atoms. The first kappa shape index (κ1) is 15.4. The van der Waals surface area contributed by atoms with Crippen LogP contribution in [0.4, 0.5) is 8.78 Å². The van der Waals surface area contributed by atoms with E-state index in [9.17, 15) is 8.78 Å². The van der Waals surface area contributed by atoms with Crippen molar-refractivity contribution in [3.05, 3.63) is 53.7 Å². The molecule has 1 heterocycles. The maximum absolute atomic E-state index is 14.3. The Balaban J connectivity index is 2.12. The molecule has 0 atom stereocenters. The molecular formula is C16H18F2N2O. The molecule has 0 saturated heterocycles. The first-order valence-corrected chi connectivity index (χ1v) is 6.84. The molecular weight excluding hydrogens is 274 g/mol. The smallest absolute Gasteiger partial charge is 0.256 e. The lowest BCUT2D eigenvalue weighted by molar-refractivity contribution is 0.394. The fourth-order valence-electron chi connectivity index (χ4n) is 1.80. The number of nitrogens with one attached hydrogen (secondary N) is 1. The first-order chi connectivity index (χ1) is 10.1. The zero-order chi connectivity index (χ0) is 15.2. The van der Waals surface area contributed by atoms with Crippen LogP contribution in [0.1, 0.15) is 19.4 Å². The number of rotatable bonds is 6. The summed E-state index contributed by atoms with van der Waals surface area (Å²) in [6.07, 6.45) is 1.45. The Hall–Kier alpha value is -2.01. The largest absolute Gasteiger partial charge is 0.433 e. The predicted octanol–water partition coefficient (Wildman–Crippen LogP) is 3.90. The maximum atomic E-state index is 14.3. The second kappa shape index (κ2) is 7.13. The van der Waals surface area contributed by atoms with E-state index >= 15 is 0 Å². The van der Waals surface area contributed by atoms with E-state index in [2.05, 4.69) is 24.1 Å². The fraction of sp³-hybridized carbons (Fsp3) is 0.312. The third-order valence-corrected chi connectivity index (χ3v) is 2.85. The molecule has 2 aromatic rings. The standard InChI is InChI=1S/C16H18F2N2O/c1-11(2)9-19-10-12-7-8-20-16(15(12)18)21-14-6-4-3-5-13(14)17/h3-8,11,19H,9-10H2,1-2H3. The van der Waals surface area contributed by atoms with E-state index in [1.54, 1.807) is 12.1 Å². The van der Waals surface area contributed by atoms with Crippen LogP contribution in [0.15, 0.2) is 36.5 Å². The van der Waals surface area contributed by atoms with Gasteiger partial charge < -0.3 is 10.1 Å². The summed E-state index contributed by atoms with van der Waals surface area (Å²) in [5.41, 5.74) is 0.442. The number of nitrogens with zero attached hydrogens (tertiary/aromatic N) is 1. The molecule has 1 N–H and O–H groups in total. The molecule has 0 unspecified atom stereocenters. The quantitative estimate of drug-likeness (QED) is 0.877. The van der Waals surface area contributed by atoms with E-state index < -0.39 is 11.6 Å². The number of benzene rings is 1. The van der Waals surface area contributed by atoms with Crippen LogP contribution in [0.3, 0.4) is 0 Å². The number of pyridine rings is 1. The Kier molecular flexibility index (Phi) is 5.22. The van der Waals surface area contributed by atoms with Crippen molar-refractivity contribution in [2.24, 2.45) is 5.92 Å². The number of hydrogen-bond donors (Lipinski definition) is 1. The monoisotopic (exact) mass is 292 g/mol. The van der Waals surface area contributed by atoms with Crippen LogP contribution in [0, 0.1) is 17.6 Å². The van der Waals surface area contributed by atoms with E-state index in [0.29, 0.717) is 18.0 Å². The fourth-order valence-corrected chi connectivity index (χ4v) is 1.80. The number of aromatic nitrogens is 1. The average molecular weight is 292 g/mol. The highest BCUT2D eigenvalue weighted by atomic mass is 19.1. The highest BCUT2D eigenvalue weighted by molar-refractivity contribution is 5.31. The number of ether oxygens (including phenoxy) is 1. The second-order valence-electron chi connectivity index (χ2n) is 5.15. The summed E-state index contributed by atoms with van der Waals surface area (Å²) in [4.78, 5) is 3.83. The summed E-state index contributed by atoms with van der Waals surface area (Å²) in [5, 5.41) is 3.15. The molecule has 2 rings (SSSR count). The predicted molar refractivity (Wildman–Crippen MR) is 77.2 cm³/mol. The molecule has 1 aromatic carbocycles. The van der Waals surface area contributed by atoms with Crippen LogP contribution in [0.5, 0.6) is 11.6 Å². The van der Waals surface area contributed by atoms with Crippen molar-refractivity contribution in [3.8, 4) is 11.6 Å². The van der Waals surface area contributed by atoms with Gasteiger partial charge in [0.1, 0.15) is 0 Å². The van der Waals surface area contributed by atoms with E-state index in [1.807, 2.05) is 0 Å². The summed E-state index contributed by atoms with van der Waals surface area (Å²) in [7, 11) is 0. The van der Waals surface area contributed by atoms with Gasteiger partial charge in [-0.25, -0.2) is 13.8 Å². The summed E-state index contributed by atoms with van der Waals surface area (Å²) >= 11 is 0. The normalized spacial score (nSPS) is 10.9. The lowest BCUT2D eigenvalue weighted by atomic mass is 10.2. The Morgan fingerprint density at radius 3 is 2.67 bits per heavy atom. The lowest BCUT2D eigenvalue weighted by Crippen LogP contribution is -2.19. The molecule has 21 heavy (non-hydrogen) atoms. The van der Waals surface area contributed by atoms with Gasteiger partial charge in [-0.3, -0.25) is 0 Å². The van der Waals surface area contributed by atoms with Gasteiger partial charge in [-0.2, -0.15) is 0 Å². The molecule has 112 valence electrons. The van der Waals surface area contributed by atoms with Crippen molar-refractivity contribution >= 4 is 0 Å². The summed E-state index contributed by atoms with van der Waals surface area (Å²) in [6.45, 7) is 5.30. The van der Waals surface area contributed by atoms with Gasteiger partial charge in [-0.1, -0.05) is 26.0 Å². The molecule has 0 aliphatic heterocycles. The van der Waals surface area contributed by atoms with Gasteiger partial charge in [0, 0.05) is 18.3 Å². The van der Waals surface area contributed by atoms with Crippen molar-refractivity contribution in [3.63, 3.8) is 0 Å². The molecule has 1 aromatic heterocycles. The van der Waals surface area contributed by atoms with Crippen molar-refractivity contribution in [2.75, 3.05) is 6.54 Å². The molecule has 0 amide bonds. The molecule has 3 nitrogen and oxygen atoms in total. The summed E-state index contributed by atoms with van der Waals surface area (Å²) < 4.78 is 33.0. The number of halogens is 2. The third-order valence-electron chi connectivity index (χ3n) is 2.85. The summed E-state index contributed by atoms with van der Waals surface area (Å²) in [6, 6.07) is 7.42. The molecule has 0 saturated carbocycles. The average Bonchev–Trinajstić information content (AvgIpc) is 2.45. The van der Waals surface area contributed by atoms with Crippen molar-refractivity contribution in [1.82, 2.24) is 10.3 Å². The molecule has 0 radical (unpaired) electrons. The topological polar surface area (TPSA) is 34.2 Å². The van der Waals surface area contributed by atoms with Crippen LogP contribution in [-0.2, 0) is 6.54 Å². The van der Waals surface area contributed by atoms with Crippen LogP contribution < -0.4 is 10.1 Å².